The molecule has 2 fully saturated rings. The van der Waals surface area contributed by atoms with Crippen LogP contribution in [0.25, 0.3) is 0 Å². The Bertz CT molecular complexity index is 1160. The number of aromatic nitrogens is 1. The van der Waals surface area contributed by atoms with Gasteiger partial charge in [-0.2, -0.15) is 0 Å². The number of fused-ring (bicyclic) bond motifs is 2. The molecule has 2 saturated heterocycles. The molecule has 0 radical (unpaired) electrons. The van der Waals surface area contributed by atoms with Crippen LogP contribution in [0, 0.1) is 18.8 Å². The second kappa shape index (κ2) is 10.7. The summed E-state index contributed by atoms with van der Waals surface area (Å²) in [6, 6.07) is 6.06. The van der Waals surface area contributed by atoms with Crippen molar-refractivity contribution in [1.29, 1.82) is 0 Å². The lowest BCUT2D eigenvalue weighted by Crippen LogP contribution is -2.44. The van der Waals surface area contributed by atoms with Crippen LogP contribution in [0.4, 0.5) is 4.79 Å². The minimum atomic E-state index is -0.359. The van der Waals surface area contributed by atoms with Crippen molar-refractivity contribution in [3.05, 3.63) is 61.8 Å². The summed E-state index contributed by atoms with van der Waals surface area (Å²) in [6.07, 6.45) is 8.09. The van der Waals surface area contributed by atoms with E-state index in [0.717, 1.165) is 61.1 Å². The third-order valence-electron chi connectivity index (χ3n) is 8.34. The highest BCUT2D eigenvalue weighted by Crippen LogP contribution is 2.46. The first-order chi connectivity index (χ1) is 17.3. The van der Waals surface area contributed by atoms with Gasteiger partial charge in [-0.05, 0) is 91.7 Å². The van der Waals surface area contributed by atoms with Gasteiger partial charge in [0.1, 0.15) is 0 Å². The van der Waals surface area contributed by atoms with Crippen LogP contribution in [0.1, 0.15) is 66.0 Å². The maximum absolute atomic E-state index is 13.1. The number of nitrogens with two attached hydrogens (primary N) is 1. The zero-order valence-corrected chi connectivity index (χ0v) is 23.2. The molecular formula is C28H34BrClN4O2. The van der Waals surface area contributed by atoms with E-state index in [-0.39, 0.29) is 17.9 Å². The quantitative estimate of drug-likeness (QED) is 0.530. The van der Waals surface area contributed by atoms with E-state index in [4.69, 9.17) is 22.3 Å². The number of urea groups is 1. The molecule has 1 atom stereocenters. The fourth-order valence-electron chi connectivity index (χ4n) is 6.39. The largest absolute Gasteiger partial charge is 0.351 e. The summed E-state index contributed by atoms with van der Waals surface area (Å²) in [4.78, 5) is 33.2. The number of amides is 3. The number of primary amides is 1. The Hall–Kier alpha value is -2.12. The van der Waals surface area contributed by atoms with Gasteiger partial charge in [-0.15, -0.1) is 0 Å². The number of aryl methyl sites for hydroxylation is 3. The van der Waals surface area contributed by atoms with Gasteiger partial charge >= 0.3 is 6.03 Å². The van der Waals surface area contributed by atoms with Crippen molar-refractivity contribution in [2.24, 2.45) is 17.6 Å². The maximum atomic E-state index is 13.1. The molecule has 192 valence electrons. The number of likely N-dealkylation sites (tertiary alicyclic amines) is 2. The van der Waals surface area contributed by atoms with Crippen LogP contribution in [0.3, 0.4) is 0 Å². The van der Waals surface area contributed by atoms with Crippen LogP contribution in [-0.4, -0.2) is 52.9 Å². The minimum absolute atomic E-state index is 0.195. The molecule has 2 N–H and O–H groups in total. The number of hydrogen-bond acceptors (Lipinski definition) is 3. The summed E-state index contributed by atoms with van der Waals surface area (Å²) in [5.41, 5.74) is 11.7. The molecular weight excluding hydrogens is 540 g/mol. The highest BCUT2D eigenvalue weighted by atomic mass is 79.9. The van der Waals surface area contributed by atoms with Gasteiger partial charge in [0.25, 0.3) is 0 Å². The molecule has 3 aliphatic rings. The summed E-state index contributed by atoms with van der Waals surface area (Å²) in [7, 11) is 0. The summed E-state index contributed by atoms with van der Waals surface area (Å²) in [5.74, 6) is 1.19. The van der Waals surface area contributed by atoms with Gasteiger partial charge in [0.15, 0.2) is 0 Å². The van der Waals surface area contributed by atoms with Crippen molar-refractivity contribution in [1.82, 2.24) is 14.8 Å². The van der Waals surface area contributed by atoms with Crippen LogP contribution in [0.2, 0.25) is 5.02 Å². The minimum Gasteiger partial charge on any atom is -0.351 e. The van der Waals surface area contributed by atoms with Crippen LogP contribution >= 0.6 is 27.5 Å². The van der Waals surface area contributed by atoms with Gasteiger partial charge in [-0.25, -0.2) is 4.79 Å². The molecule has 1 aliphatic carbocycles. The second-order valence-electron chi connectivity index (χ2n) is 10.7. The van der Waals surface area contributed by atoms with Crippen molar-refractivity contribution in [3.8, 4) is 0 Å². The third-order valence-corrected chi connectivity index (χ3v) is 9.21. The normalized spacial score (nSPS) is 21.0. The number of hydrogen-bond donors (Lipinski definition) is 1. The van der Waals surface area contributed by atoms with Crippen LogP contribution < -0.4 is 5.73 Å². The van der Waals surface area contributed by atoms with Crippen molar-refractivity contribution in [2.75, 3.05) is 26.2 Å². The fraction of sp³-hybridized carbons (Fsp3) is 0.536. The van der Waals surface area contributed by atoms with E-state index in [1.54, 1.807) is 4.90 Å². The Balaban J connectivity index is 1.31. The van der Waals surface area contributed by atoms with Crippen molar-refractivity contribution in [2.45, 2.75) is 57.8 Å². The molecule has 1 aromatic heterocycles. The molecule has 6 nitrogen and oxygen atoms in total. The predicted molar refractivity (Wildman–Crippen MR) is 145 cm³/mol. The molecule has 1 aromatic carbocycles. The maximum Gasteiger partial charge on any atom is 0.314 e. The molecule has 1 unspecified atom stereocenters. The number of piperidine rings is 2. The smallest absolute Gasteiger partial charge is 0.314 e. The van der Waals surface area contributed by atoms with E-state index >= 15 is 0 Å². The lowest BCUT2D eigenvalue weighted by atomic mass is 9.76. The standard InChI is InChI=1S/C28H34BrClN4O2/c1-17-12-21-3-2-20-14-22(30)15-23(29)25(20)26(27(21)32-16-17)19-6-10-33(11-7-19)24(35)13-18-4-8-34(9-5-18)28(31)36/h12,14-16,18-19,26H,2-11,13H2,1H3,(H2,31,36). The van der Waals surface area contributed by atoms with Crippen molar-refractivity contribution < 1.29 is 9.59 Å². The zero-order valence-electron chi connectivity index (χ0n) is 20.8. The molecule has 2 aromatic rings. The van der Waals surface area contributed by atoms with Crippen molar-refractivity contribution >= 4 is 39.5 Å². The number of pyridine rings is 1. The first-order valence-corrected chi connectivity index (χ1v) is 14.2. The average Bonchev–Trinajstić information content (AvgIpc) is 3.01. The Labute approximate surface area is 226 Å². The Morgan fingerprint density at radius 3 is 2.39 bits per heavy atom. The number of carbonyl (C=O) groups excluding carboxylic acids is 2. The van der Waals surface area contributed by atoms with Crippen LogP contribution in [0.15, 0.2) is 28.9 Å². The predicted octanol–water partition coefficient (Wildman–Crippen LogP) is 5.46. The van der Waals surface area contributed by atoms with Crippen LogP contribution in [0.5, 0.6) is 0 Å². The van der Waals surface area contributed by atoms with E-state index in [2.05, 4.69) is 39.9 Å². The molecule has 0 spiro atoms. The SMILES string of the molecule is Cc1cnc2c(c1)CCc1cc(Cl)cc(Br)c1C2C1CCN(C(=O)CC2CCN(C(N)=O)CC2)CC1. The third kappa shape index (κ3) is 5.28. The topological polar surface area (TPSA) is 79.5 Å². The fourth-order valence-corrected chi connectivity index (χ4v) is 7.52. The molecule has 3 heterocycles. The van der Waals surface area contributed by atoms with Gasteiger partial charge in [0, 0.05) is 54.2 Å². The molecule has 5 rings (SSSR count). The second-order valence-corrected chi connectivity index (χ2v) is 12.0. The molecule has 36 heavy (non-hydrogen) atoms. The lowest BCUT2D eigenvalue weighted by Gasteiger charge is -2.38. The van der Waals surface area contributed by atoms with Crippen LogP contribution in [-0.2, 0) is 17.6 Å². The van der Waals surface area contributed by atoms with E-state index < -0.39 is 0 Å². The first kappa shape index (κ1) is 25.5. The van der Waals surface area contributed by atoms with E-state index in [0.29, 0.717) is 31.3 Å². The summed E-state index contributed by atoms with van der Waals surface area (Å²) in [6.45, 7) is 4.97. The lowest BCUT2D eigenvalue weighted by molar-refractivity contribution is -0.134. The summed E-state index contributed by atoms with van der Waals surface area (Å²) < 4.78 is 1.06. The van der Waals surface area contributed by atoms with Gasteiger partial charge in [0.05, 0.1) is 5.69 Å². The molecule has 0 bridgehead atoms. The highest BCUT2D eigenvalue weighted by Gasteiger charge is 2.36. The van der Waals surface area contributed by atoms with Gasteiger partial charge < -0.3 is 15.5 Å². The number of rotatable bonds is 3. The van der Waals surface area contributed by atoms with Crippen molar-refractivity contribution in [3.63, 3.8) is 0 Å². The molecule has 0 saturated carbocycles. The first-order valence-electron chi connectivity index (χ1n) is 13.1. The Kier molecular flexibility index (Phi) is 7.59. The number of nitrogens with zero attached hydrogens (tertiary/aromatic N) is 3. The molecule has 2 aliphatic heterocycles. The number of carbonyl (C=O) groups is 2. The molecule has 8 heteroatoms. The van der Waals surface area contributed by atoms with E-state index in [1.165, 1.54) is 27.9 Å². The Morgan fingerprint density at radius 1 is 1.03 bits per heavy atom. The summed E-state index contributed by atoms with van der Waals surface area (Å²) in [5, 5.41) is 0.761. The zero-order chi connectivity index (χ0) is 25.4. The average molecular weight is 574 g/mol. The monoisotopic (exact) mass is 572 g/mol. The molecule has 3 amide bonds. The van der Waals surface area contributed by atoms with Gasteiger partial charge in [-0.1, -0.05) is 33.6 Å². The van der Waals surface area contributed by atoms with E-state index in [9.17, 15) is 9.59 Å². The Morgan fingerprint density at radius 2 is 1.69 bits per heavy atom. The number of benzene rings is 1. The highest BCUT2D eigenvalue weighted by molar-refractivity contribution is 9.10. The van der Waals surface area contributed by atoms with Gasteiger partial charge in [0.2, 0.25) is 5.91 Å². The summed E-state index contributed by atoms with van der Waals surface area (Å²) >= 11 is 10.3. The van der Waals surface area contributed by atoms with Gasteiger partial charge in [-0.3, -0.25) is 9.78 Å². The number of halogens is 2. The van der Waals surface area contributed by atoms with E-state index in [1.807, 2.05) is 12.3 Å².